The van der Waals surface area contributed by atoms with Crippen molar-refractivity contribution in [2.24, 2.45) is 5.92 Å². The second-order valence-electron chi connectivity index (χ2n) is 8.26. The van der Waals surface area contributed by atoms with Crippen molar-refractivity contribution in [3.05, 3.63) is 59.7 Å². The minimum Gasteiger partial charge on any atom is -0.480 e. The van der Waals surface area contributed by atoms with Crippen LogP contribution >= 0.6 is 11.8 Å². The summed E-state index contributed by atoms with van der Waals surface area (Å²) in [5, 5.41) is 14.5. The van der Waals surface area contributed by atoms with Gasteiger partial charge in [-0.25, -0.2) is 9.59 Å². The van der Waals surface area contributed by atoms with Gasteiger partial charge in [0.15, 0.2) is 0 Å². The molecule has 3 rings (SSSR count). The Morgan fingerprint density at radius 3 is 2.24 bits per heavy atom. The number of hydrogen-bond donors (Lipinski definition) is 3. The Bertz CT molecular complexity index is 951. The van der Waals surface area contributed by atoms with Crippen LogP contribution in [0.25, 0.3) is 11.1 Å². The van der Waals surface area contributed by atoms with Gasteiger partial charge in [0, 0.05) is 18.9 Å². The number of benzene rings is 2. The molecule has 2 aromatic rings. The Balaban J connectivity index is 1.45. The first kappa shape index (κ1) is 24.6. The average Bonchev–Trinajstić information content (AvgIpc) is 3.12. The van der Waals surface area contributed by atoms with Crippen LogP contribution in [0, 0.1) is 5.92 Å². The van der Waals surface area contributed by atoms with Gasteiger partial charge in [0.1, 0.15) is 12.6 Å². The van der Waals surface area contributed by atoms with E-state index in [1.165, 1.54) is 22.9 Å². The number of rotatable bonds is 11. The summed E-state index contributed by atoms with van der Waals surface area (Å²) in [6.07, 6.45) is 1.84. The molecule has 0 bridgehead atoms. The molecule has 0 radical (unpaired) electrons. The average molecular weight is 471 g/mol. The number of nitrogens with one attached hydrogen (secondary N) is 2. The zero-order chi connectivity index (χ0) is 23.8. The molecular formula is C25H30N2O5S. The van der Waals surface area contributed by atoms with Gasteiger partial charge in [-0.15, -0.1) is 0 Å². The first-order chi connectivity index (χ1) is 15.9. The number of carbonyl (C=O) groups is 3. The van der Waals surface area contributed by atoms with Crippen LogP contribution in [0.15, 0.2) is 48.5 Å². The van der Waals surface area contributed by atoms with Crippen LogP contribution in [-0.2, 0) is 14.3 Å². The summed E-state index contributed by atoms with van der Waals surface area (Å²) in [7, 11) is 0. The second-order valence-corrected chi connectivity index (χ2v) is 9.24. The summed E-state index contributed by atoms with van der Waals surface area (Å²) in [5.74, 6) is -0.913. The Kier molecular flexibility index (Phi) is 8.77. The molecule has 3 N–H and O–H groups in total. The maximum absolute atomic E-state index is 12.3. The lowest BCUT2D eigenvalue weighted by molar-refractivity contribution is -0.142. The highest BCUT2D eigenvalue weighted by molar-refractivity contribution is 7.98. The molecule has 0 aliphatic heterocycles. The van der Waals surface area contributed by atoms with Crippen molar-refractivity contribution in [2.75, 3.05) is 25.2 Å². The number of hydrogen-bond acceptors (Lipinski definition) is 5. The molecule has 7 nitrogen and oxygen atoms in total. The number of carboxylic acid groups (broad SMARTS) is 1. The van der Waals surface area contributed by atoms with Crippen LogP contribution in [-0.4, -0.2) is 54.3 Å². The molecular weight excluding hydrogens is 440 g/mol. The minimum absolute atomic E-state index is 0.0133. The van der Waals surface area contributed by atoms with Crippen molar-refractivity contribution in [3.63, 3.8) is 0 Å². The SMILES string of the molecule is CSCC[C@@H](NC(=O)CC(C)CNC(=O)OCC1c2ccccc2-c2ccccc21)C(=O)O. The van der Waals surface area contributed by atoms with E-state index in [0.717, 1.165) is 11.1 Å². The van der Waals surface area contributed by atoms with Crippen LogP contribution in [0.1, 0.15) is 36.8 Å². The van der Waals surface area contributed by atoms with Gasteiger partial charge >= 0.3 is 12.1 Å². The molecule has 0 spiro atoms. The van der Waals surface area contributed by atoms with E-state index in [9.17, 15) is 19.5 Å². The molecule has 1 unspecified atom stereocenters. The number of carboxylic acids is 1. The molecule has 2 aromatic carbocycles. The Morgan fingerprint density at radius 2 is 1.67 bits per heavy atom. The number of amides is 2. The highest BCUT2D eigenvalue weighted by Crippen LogP contribution is 2.44. The van der Waals surface area contributed by atoms with Crippen molar-refractivity contribution in [3.8, 4) is 11.1 Å². The third-order valence-electron chi connectivity index (χ3n) is 5.72. The van der Waals surface area contributed by atoms with E-state index in [0.29, 0.717) is 12.2 Å². The number of ether oxygens (including phenoxy) is 1. The fourth-order valence-corrected chi connectivity index (χ4v) is 4.51. The van der Waals surface area contributed by atoms with Gasteiger partial charge in [0.2, 0.25) is 5.91 Å². The van der Waals surface area contributed by atoms with E-state index in [1.807, 2.05) is 37.4 Å². The van der Waals surface area contributed by atoms with E-state index >= 15 is 0 Å². The van der Waals surface area contributed by atoms with Gasteiger partial charge in [0.05, 0.1) is 0 Å². The van der Waals surface area contributed by atoms with Gasteiger partial charge in [-0.2, -0.15) is 11.8 Å². The van der Waals surface area contributed by atoms with Crippen molar-refractivity contribution in [1.82, 2.24) is 10.6 Å². The predicted molar refractivity (Wildman–Crippen MR) is 129 cm³/mol. The molecule has 1 aliphatic rings. The highest BCUT2D eigenvalue weighted by Gasteiger charge is 2.29. The molecule has 8 heteroatoms. The quantitative estimate of drug-likeness (QED) is 0.460. The Morgan fingerprint density at radius 1 is 1.06 bits per heavy atom. The van der Waals surface area contributed by atoms with Gasteiger partial charge in [-0.05, 0) is 46.6 Å². The van der Waals surface area contributed by atoms with Gasteiger partial charge in [-0.1, -0.05) is 55.5 Å². The lowest BCUT2D eigenvalue weighted by atomic mass is 9.98. The number of aliphatic carboxylic acids is 1. The lowest BCUT2D eigenvalue weighted by Crippen LogP contribution is -2.42. The summed E-state index contributed by atoms with van der Waals surface area (Å²) in [6, 6.07) is 15.4. The van der Waals surface area contributed by atoms with Crippen LogP contribution in [0.3, 0.4) is 0 Å². The van der Waals surface area contributed by atoms with Crippen LogP contribution in [0.4, 0.5) is 4.79 Å². The number of alkyl carbamates (subject to hydrolysis) is 1. The summed E-state index contributed by atoms with van der Waals surface area (Å²) in [6.45, 7) is 2.30. The first-order valence-electron chi connectivity index (χ1n) is 11.0. The molecule has 2 amide bonds. The second kappa shape index (κ2) is 11.7. The Hall–Kier alpha value is -3.00. The topological polar surface area (TPSA) is 105 Å². The summed E-state index contributed by atoms with van der Waals surface area (Å²) in [4.78, 5) is 35.7. The van der Waals surface area contributed by atoms with Crippen molar-refractivity contribution in [1.29, 1.82) is 0 Å². The zero-order valence-corrected chi connectivity index (χ0v) is 19.7. The summed E-state index contributed by atoms with van der Waals surface area (Å²) in [5.41, 5.74) is 4.62. The molecule has 1 aliphatic carbocycles. The van der Waals surface area contributed by atoms with Crippen molar-refractivity contribution >= 4 is 29.7 Å². The van der Waals surface area contributed by atoms with Crippen molar-refractivity contribution < 1.29 is 24.2 Å². The maximum atomic E-state index is 12.3. The van der Waals surface area contributed by atoms with E-state index in [4.69, 9.17) is 4.74 Å². The van der Waals surface area contributed by atoms with Gasteiger partial charge < -0.3 is 20.5 Å². The molecule has 176 valence electrons. The van der Waals surface area contributed by atoms with Crippen molar-refractivity contribution in [2.45, 2.75) is 31.7 Å². The fraction of sp³-hybridized carbons (Fsp3) is 0.400. The third-order valence-corrected chi connectivity index (χ3v) is 6.36. The molecule has 0 aromatic heterocycles. The number of thioether (sulfide) groups is 1. The standard InChI is InChI=1S/C25H30N2O5S/c1-16(13-23(28)27-22(24(29)30)11-12-33-2)14-26-25(31)32-15-21-19-9-5-3-7-17(19)18-8-4-6-10-20(18)21/h3-10,16,21-22H,11-15H2,1-2H3,(H,26,31)(H,27,28)(H,29,30)/t16?,22-/m1/s1. The molecule has 0 fully saturated rings. The highest BCUT2D eigenvalue weighted by atomic mass is 32.2. The normalized spacial score (nSPS) is 14.0. The van der Waals surface area contributed by atoms with Gasteiger partial charge in [-0.3, -0.25) is 4.79 Å². The van der Waals surface area contributed by atoms with E-state index < -0.39 is 18.1 Å². The Labute approximate surface area is 198 Å². The minimum atomic E-state index is -1.04. The summed E-state index contributed by atoms with van der Waals surface area (Å²) < 4.78 is 5.50. The van der Waals surface area contributed by atoms with Gasteiger partial charge in [0.25, 0.3) is 0 Å². The molecule has 33 heavy (non-hydrogen) atoms. The summed E-state index contributed by atoms with van der Waals surface area (Å²) >= 11 is 1.53. The molecule has 0 saturated carbocycles. The third kappa shape index (κ3) is 6.51. The molecule has 0 saturated heterocycles. The number of carbonyl (C=O) groups excluding carboxylic acids is 2. The maximum Gasteiger partial charge on any atom is 0.407 e. The van der Waals surface area contributed by atoms with Crippen LogP contribution in [0.5, 0.6) is 0 Å². The first-order valence-corrected chi connectivity index (χ1v) is 12.4. The largest absolute Gasteiger partial charge is 0.480 e. The zero-order valence-electron chi connectivity index (χ0n) is 18.9. The fourth-order valence-electron chi connectivity index (χ4n) is 4.04. The van der Waals surface area contributed by atoms with E-state index in [-0.39, 0.29) is 37.3 Å². The predicted octanol–water partition coefficient (Wildman–Crippen LogP) is 3.87. The van der Waals surface area contributed by atoms with Crippen LogP contribution < -0.4 is 10.6 Å². The van der Waals surface area contributed by atoms with Crippen LogP contribution in [0.2, 0.25) is 0 Å². The smallest absolute Gasteiger partial charge is 0.407 e. The monoisotopic (exact) mass is 470 g/mol. The van der Waals surface area contributed by atoms with E-state index in [2.05, 4.69) is 34.9 Å². The molecule has 2 atom stereocenters. The molecule has 0 heterocycles. The lowest BCUT2D eigenvalue weighted by Gasteiger charge is -2.17. The van der Waals surface area contributed by atoms with E-state index in [1.54, 1.807) is 0 Å². The number of fused-ring (bicyclic) bond motifs is 3.